The van der Waals surface area contributed by atoms with E-state index in [2.05, 4.69) is 48.4 Å². The van der Waals surface area contributed by atoms with Crippen molar-refractivity contribution in [2.45, 2.75) is 53.1 Å². The maximum absolute atomic E-state index is 12.8. The molecule has 6 nitrogen and oxygen atoms in total. The smallest absolute Gasteiger partial charge is 0.255 e. The molecule has 0 aliphatic heterocycles. The summed E-state index contributed by atoms with van der Waals surface area (Å²) in [7, 11) is 0. The molecule has 1 atom stereocenters. The summed E-state index contributed by atoms with van der Waals surface area (Å²) in [6, 6.07) is 19.3. The molecule has 0 spiro atoms. The van der Waals surface area contributed by atoms with Crippen LogP contribution in [-0.2, 0) is 0 Å². The topological polar surface area (TPSA) is 69.0 Å². The molecule has 1 unspecified atom stereocenters. The van der Waals surface area contributed by atoms with E-state index < -0.39 is 0 Å². The Morgan fingerprint density at radius 2 is 1.61 bits per heavy atom. The zero-order valence-corrected chi connectivity index (χ0v) is 19.8. The van der Waals surface area contributed by atoms with Crippen molar-refractivity contribution in [3.8, 4) is 11.4 Å². The van der Waals surface area contributed by atoms with E-state index in [9.17, 15) is 4.79 Å². The van der Waals surface area contributed by atoms with Gasteiger partial charge in [0.1, 0.15) is 16.8 Å². The van der Waals surface area contributed by atoms with Gasteiger partial charge in [0.05, 0.1) is 11.8 Å². The van der Waals surface area contributed by atoms with Crippen LogP contribution in [0.2, 0.25) is 0 Å². The van der Waals surface area contributed by atoms with Crippen molar-refractivity contribution >= 4 is 22.6 Å². The van der Waals surface area contributed by atoms with Crippen molar-refractivity contribution in [1.29, 1.82) is 0 Å². The molecule has 4 rings (SSSR count). The Hall–Kier alpha value is -3.67. The minimum atomic E-state index is -0.177. The first-order valence-electron chi connectivity index (χ1n) is 11.4. The van der Waals surface area contributed by atoms with Crippen molar-refractivity contribution in [2.24, 2.45) is 0 Å². The van der Waals surface area contributed by atoms with Crippen molar-refractivity contribution in [3.05, 3.63) is 77.4 Å². The first kappa shape index (κ1) is 22.5. The lowest BCUT2D eigenvalue weighted by atomic mass is 10.0. The quantitative estimate of drug-likeness (QED) is 0.366. The molecule has 1 N–H and O–H groups in total. The number of carbonyl (C=O) groups excluding carboxylic acids is 1. The molecule has 33 heavy (non-hydrogen) atoms. The SMILES string of the molecule is CCC(C)Oc1ccc(C(=O)Nc2cc3nn(-c4ccc(C(C)C)cc4)nc3cc2C)cc1. The second-order valence-electron chi connectivity index (χ2n) is 8.71. The first-order chi connectivity index (χ1) is 15.8. The molecular weight excluding hydrogens is 412 g/mol. The lowest BCUT2D eigenvalue weighted by molar-refractivity contribution is 0.102. The van der Waals surface area contributed by atoms with Crippen molar-refractivity contribution in [3.63, 3.8) is 0 Å². The van der Waals surface area contributed by atoms with Crippen LogP contribution in [0, 0.1) is 6.92 Å². The fraction of sp³-hybridized carbons (Fsp3) is 0.296. The summed E-state index contributed by atoms with van der Waals surface area (Å²) in [5, 5.41) is 12.2. The third-order valence-electron chi connectivity index (χ3n) is 5.79. The van der Waals surface area contributed by atoms with Gasteiger partial charge in [-0.05, 0) is 85.8 Å². The van der Waals surface area contributed by atoms with Gasteiger partial charge in [-0.25, -0.2) is 0 Å². The van der Waals surface area contributed by atoms with E-state index in [1.807, 2.05) is 50.2 Å². The minimum absolute atomic E-state index is 0.139. The summed E-state index contributed by atoms with van der Waals surface area (Å²) in [6.07, 6.45) is 1.07. The van der Waals surface area contributed by atoms with E-state index in [0.29, 0.717) is 11.5 Å². The van der Waals surface area contributed by atoms with Gasteiger partial charge in [-0.15, -0.1) is 10.2 Å². The van der Waals surface area contributed by atoms with Crippen LogP contribution < -0.4 is 10.1 Å². The number of benzene rings is 3. The monoisotopic (exact) mass is 442 g/mol. The molecule has 0 radical (unpaired) electrons. The Kier molecular flexibility index (Phi) is 6.45. The van der Waals surface area contributed by atoms with Gasteiger partial charge in [0.25, 0.3) is 5.91 Å². The lowest BCUT2D eigenvalue weighted by Crippen LogP contribution is -2.13. The average Bonchev–Trinajstić information content (AvgIpc) is 3.22. The minimum Gasteiger partial charge on any atom is -0.491 e. The Morgan fingerprint density at radius 1 is 0.970 bits per heavy atom. The number of fused-ring (bicyclic) bond motifs is 1. The largest absolute Gasteiger partial charge is 0.491 e. The summed E-state index contributed by atoms with van der Waals surface area (Å²) in [5.41, 5.74) is 5.89. The molecule has 0 saturated carbocycles. The maximum atomic E-state index is 12.8. The molecule has 0 aliphatic rings. The highest BCUT2D eigenvalue weighted by Crippen LogP contribution is 2.24. The average molecular weight is 443 g/mol. The zero-order chi connectivity index (χ0) is 23.5. The van der Waals surface area contributed by atoms with Gasteiger partial charge < -0.3 is 10.1 Å². The molecule has 3 aromatic carbocycles. The van der Waals surface area contributed by atoms with Gasteiger partial charge in [-0.3, -0.25) is 4.79 Å². The Bertz CT molecular complexity index is 1260. The van der Waals surface area contributed by atoms with Crippen molar-refractivity contribution < 1.29 is 9.53 Å². The molecule has 1 heterocycles. The molecule has 0 aliphatic carbocycles. The van der Waals surface area contributed by atoms with E-state index in [-0.39, 0.29) is 12.0 Å². The number of aromatic nitrogens is 3. The predicted octanol–water partition coefficient (Wildman–Crippen LogP) is 6.28. The molecule has 0 saturated heterocycles. The molecule has 1 amide bonds. The van der Waals surface area contributed by atoms with Gasteiger partial charge in [0, 0.05) is 11.3 Å². The van der Waals surface area contributed by atoms with Crippen LogP contribution >= 0.6 is 0 Å². The van der Waals surface area contributed by atoms with Crippen LogP contribution in [0.25, 0.3) is 16.7 Å². The Balaban J connectivity index is 1.53. The summed E-state index contributed by atoms with van der Waals surface area (Å²) >= 11 is 0. The second-order valence-corrected chi connectivity index (χ2v) is 8.71. The van der Waals surface area contributed by atoms with Gasteiger partial charge in [0.15, 0.2) is 0 Å². The summed E-state index contributed by atoms with van der Waals surface area (Å²) in [4.78, 5) is 14.4. The number of rotatable bonds is 7. The van der Waals surface area contributed by atoms with E-state index in [1.54, 1.807) is 16.9 Å². The fourth-order valence-electron chi connectivity index (χ4n) is 3.51. The highest BCUT2D eigenvalue weighted by atomic mass is 16.5. The van der Waals surface area contributed by atoms with Crippen LogP contribution in [0.3, 0.4) is 0 Å². The van der Waals surface area contributed by atoms with Crippen LogP contribution in [0.1, 0.15) is 61.5 Å². The third-order valence-corrected chi connectivity index (χ3v) is 5.79. The third kappa shape index (κ3) is 5.06. The van der Waals surface area contributed by atoms with Crippen LogP contribution in [0.15, 0.2) is 60.7 Å². The summed E-state index contributed by atoms with van der Waals surface area (Å²) < 4.78 is 5.79. The molecule has 6 heteroatoms. The van der Waals surface area contributed by atoms with Crippen LogP contribution in [0.5, 0.6) is 5.75 Å². The molecule has 0 bridgehead atoms. The molecular formula is C27H30N4O2. The zero-order valence-electron chi connectivity index (χ0n) is 19.8. The number of hydrogen-bond acceptors (Lipinski definition) is 4. The summed E-state index contributed by atoms with van der Waals surface area (Å²) in [6.45, 7) is 10.4. The van der Waals surface area contributed by atoms with Gasteiger partial charge in [0.2, 0.25) is 0 Å². The number of nitrogens with zero attached hydrogens (tertiary/aromatic N) is 3. The van der Waals surface area contributed by atoms with E-state index in [4.69, 9.17) is 4.74 Å². The number of nitrogens with one attached hydrogen (secondary N) is 1. The van der Waals surface area contributed by atoms with Crippen LogP contribution in [0.4, 0.5) is 5.69 Å². The molecule has 4 aromatic rings. The fourth-order valence-corrected chi connectivity index (χ4v) is 3.51. The number of aryl methyl sites for hydroxylation is 1. The second kappa shape index (κ2) is 9.45. The van der Waals surface area contributed by atoms with Crippen molar-refractivity contribution in [2.75, 3.05) is 5.32 Å². The number of ether oxygens (including phenoxy) is 1. The van der Waals surface area contributed by atoms with E-state index in [0.717, 1.165) is 40.1 Å². The predicted molar refractivity (Wildman–Crippen MR) is 132 cm³/mol. The molecule has 0 fully saturated rings. The standard InChI is InChI=1S/C27H30N4O2/c1-6-19(5)33-23-13-9-21(10-14-23)27(32)28-24-16-26-25(15-18(24)4)29-31(30-26)22-11-7-20(8-12-22)17(2)3/h7-17,19H,6H2,1-5H3,(H,28,32). The summed E-state index contributed by atoms with van der Waals surface area (Å²) in [5.74, 6) is 1.06. The highest BCUT2D eigenvalue weighted by molar-refractivity contribution is 6.05. The van der Waals surface area contributed by atoms with Crippen molar-refractivity contribution in [1.82, 2.24) is 15.0 Å². The highest BCUT2D eigenvalue weighted by Gasteiger charge is 2.13. The Morgan fingerprint density at radius 3 is 2.21 bits per heavy atom. The Labute approximate surface area is 194 Å². The molecule has 1 aromatic heterocycles. The number of carbonyl (C=O) groups is 1. The van der Waals surface area contributed by atoms with Gasteiger partial charge in [-0.2, -0.15) is 4.80 Å². The van der Waals surface area contributed by atoms with Gasteiger partial charge >= 0.3 is 0 Å². The van der Waals surface area contributed by atoms with Crippen LogP contribution in [-0.4, -0.2) is 27.0 Å². The number of amides is 1. The first-order valence-corrected chi connectivity index (χ1v) is 11.4. The van der Waals surface area contributed by atoms with Gasteiger partial charge in [-0.1, -0.05) is 32.9 Å². The maximum Gasteiger partial charge on any atom is 0.255 e. The van der Waals surface area contributed by atoms with E-state index in [1.165, 1.54) is 5.56 Å². The molecule has 170 valence electrons. The normalized spacial score (nSPS) is 12.2. The lowest BCUT2D eigenvalue weighted by Gasteiger charge is -2.13. The number of anilines is 1. The number of hydrogen-bond donors (Lipinski definition) is 1. The van der Waals surface area contributed by atoms with E-state index >= 15 is 0 Å².